The zero-order valence-corrected chi connectivity index (χ0v) is 17.0. The molecule has 0 saturated carbocycles. The number of hydrogen-bond donors (Lipinski definition) is 2. The summed E-state index contributed by atoms with van der Waals surface area (Å²) in [5.41, 5.74) is 1.18. The smallest absolute Gasteiger partial charge is 0.246 e. The molecule has 0 spiro atoms. The van der Waals surface area contributed by atoms with E-state index in [1.807, 2.05) is 0 Å². The largest absolute Gasteiger partial charge is 0.379 e. The fraction of sp³-hybridized carbons (Fsp3) is 0.316. The highest BCUT2D eigenvalue weighted by molar-refractivity contribution is 7.89. The number of halogens is 1. The fourth-order valence-electron chi connectivity index (χ4n) is 2.78. The van der Waals surface area contributed by atoms with Gasteiger partial charge in [-0.05, 0) is 49.4 Å². The van der Waals surface area contributed by atoms with Gasteiger partial charge in [0.25, 0.3) is 0 Å². The molecule has 0 aliphatic carbocycles. The van der Waals surface area contributed by atoms with E-state index in [-0.39, 0.29) is 10.8 Å². The van der Waals surface area contributed by atoms with Crippen molar-refractivity contribution < 1.29 is 17.9 Å². The molecule has 0 aromatic heterocycles. The van der Waals surface area contributed by atoms with Gasteiger partial charge in [0.2, 0.25) is 15.9 Å². The zero-order chi connectivity index (χ0) is 20.1. The molecule has 1 aliphatic rings. The molecule has 0 bridgehead atoms. The van der Waals surface area contributed by atoms with Gasteiger partial charge in [-0.25, -0.2) is 8.42 Å². The number of anilines is 2. The van der Waals surface area contributed by atoms with E-state index in [1.165, 1.54) is 16.4 Å². The summed E-state index contributed by atoms with van der Waals surface area (Å²) >= 11 is 5.86. The molecule has 1 aliphatic heterocycles. The van der Waals surface area contributed by atoms with E-state index in [0.717, 1.165) is 5.69 Å². The van der Waals surface area contributed by atoms with Crippen LogP contribution in [0.4, 0.5) is 11.4 Å². The van der Waals surface area contributed by atoms with E-state index in [0.29, 0.717) is 37.0 Å². The predicted molar refractivity (Wildman–Crippen MR) is 109 cm³/mol. The molecule has 0 radical (unpaired) electrons. The lowest BCUT2D eigenvalue weighted by molar-refractivity contribution is -0.116. The third kappa shape index (κ3) is 5.02. The molecule has 9 heteroatoms. The lowest BCUT2D eigenvalue weighted by Crippen LogP contribution is -2.40. The molecule has 7 nitrogen and oxygen atoms in total. The lowest BCUT2D eigenvalue weighted by atomic mass is 10.2. The summed E-state index contributed by atoms with van der Waals surface area (Å²) in [5.74, 6) is -0.282. The van der Waals surface area contributed by atoms with Crippen molar-refractivity contribution in [1.29, 1.82) is 0 Å². The normalized spacial score (nSPS) is 16.4. The third-order valence-corrected chi connectivity index (χ3v) is 6.48. The van der Waals surface area contributed by atoms with Crippen LogP contribution < -0.4 is 10.6 Å². The highest BCUT2D eigenvalue weighted by Crippen LogP contribution is 2.21. The molecule has 1 fully saturated rings. The average Bonchev–Trinajstić information content (AvgIpc) is 2.70. The SMILES string of the molecule is CC(Nc1ccc(Cl)cc1)C(=O)Nc1cccc(S(=O)(=O)N2CCOCC2)c1. The number of sulfonamides is 1. The van der Waals surface area contributed by atoms with Crippen molar-refractivity contribution in [3.05, 3.63) is 53.6 Å². The Balaban J connectivity index is 1.68. The van der Waals surface area contributed by atoms with Gasteiger partial charge < -0.3 is 15.4 Å². The van der Waals surface area contributed by atoms with Crippen LogP contribution in [0.15, 0.2) is 53.4 Å². The number of morpholine rings is 1. The maximum absolute atomic E-state index is 12.8. The van der Waals surface area contributed by atoms with E-state index >= 15 is 0 Å². The topological polar surface area (TPSA) is 87.7 Å². The molecular weight excluding hydrogens is 402 g/mol. The number of benzene rings is 2. The van der Waals surface area contributed by atoms with Gasteiger partial charge in [-0.1, -0.05) is 17.7 Å². The van der Waals surface area contributed by atoms with E-state index in [2.05, 4.69) is 10.6 Å². The highest BCUT2D eigenvalue weighted by Gasteiger charge is 2.26. The van der Waals surface area contributed by atoms with Crippen LogP contribution in [0.25, 0.3) is 0 Å². The van der Waals surface area contributed by atoms with Crippen molar-refractivity contribution in [2.45, 2.75) is 17.9 Å². The maximum atomic E-state index is 12.8. The summed E-state index contributed by atoms with van der Waals surface area (Å²) in [5, 5.41) is 6.44. The minimum atomic E-state index is -3.62. The summed E-state index contributed by atoms with van der Waals surface area (Å²) in [6.45, 7) is 3.12. The Morgan fingerprint density at radius 3 is 2.46 bits per heavy atom. The van der Waals surface area contributed by atoms with E-state index in [4.69, 9.17) is 16.3 Å². The van der Waals surface area contributed by atoms with Crippen LogP contribution in [0.3, 0.4) is 0 Å². The summed E-state index contributed by atoms with van der Waals surface area (Å²) < 4.78 is 32.1. The van der Waals surface area contributed by atoms with Crippen LogP contribution in [0.5, 0.6) is 0 Å². The minimum Gasteiger partial charge on any atom is -0.379 e. The summed E-state index contributed by atoms with van der Waals surface area (Å²) in [7, 11) is -3.62. The first kappa shape index (κ1) is 20.6. The Kier molecular flexibility index (Phi) is 6.56. The third-order valence-electron chi connectivity index (χ3n) is 4.33. The monoisotopic (exact) mass is 423 g/mol. The van der Waals surface area contributed by atoms with Gasteiger partial charge in [0.1, 0.15) is 6.04 Å². The molecule has 1 unspecified atom stereocenters. The molecule has 1 amide bonds. The van der Waals surface area contributed by atoms with Gasteiger partial charge in [-0.15, -0.1) is 0 Å². The fourth-order valence-corrected chi connectivity index (χ4v) is 4.36. The van der Waals surface area contributed by atoms with Gasteiger partial charge in [-0.2, -0.15) is 4.31 Å². The van der Waals surface area contributed by atoms with Crippen LogP contribution in [0, 0.1) is 0 Å². The van der Waals surface area contributed by atoms with Crippen molar-refractivity contribution in [3.8, 4) is 0 Å². The van der Waals surface area contributed by atoms with Gasteiger partial charge in [0, 0.05) is 29.5 Å². The summed E-state index contributed by atoms with van der Waals surface area (Å²) in [6.07, 6.45) is 0. The van der Waals surface area contributed by atoms with Crippen LogP contribution in [0.1, 0.15) is 6.92 Å². The number of amides is 1. The highest BCUT2D eigenvalue weighted by atomic mass is 35.5. The van der Waals surface area contributed by atoms with Crippen molar-refractivity contribution >= 4 is 38.9 Å². The van der Waals surface area contributed by atoms with Crippen molar-refractivity contribution in [2.75, 3.05) is 36.9 Å². The molecular formula is C19H22ClN3O4S. The molecule has 2 aromatic rings. The molecule has 1 heterocycles. The first-order valence-electron chi connectivity index (χ1n) is 8.87. The van der Waals surface area contributed by atoms with Gasteiger partial charge in [-0.3, -0.25) is 4.79 Å². The van der Waals surface area contributed by atoms with E-state index < -0.39 is 16.1 Å². The van der Waals surface area contributed by atoms with Crippen LogP contribution in [0.2, 0.25) is 5.02 Å². The van der Waals surface area contributed by atoms with Gasteiger partial charge >= 0.3 is 0 Å². The minimum absolute atomic E-state index is 0.144. The molecule has 2 N–H and O–H groups in total. The molecule has 2 aromatic carbocycles. The van der Waals surface area contributed by atoms with E-state index in [9.17, 15) is 13.2 Å². The van der Waals surface area contributed by atoms with Crippen molar-refractivity contribution in [2.24, 2.45) is 0 Å². The quantitative estimate of drug-likeness (QED) is 0.745. The number of nitrogens with zero attached hydrogens (tertiary/aromatic N) is 1. The Labute approximate surface area is 169 Å². The number of rotatable bonds is 6. The molecule has 28 heavy (non-hydrogen) atoms. The standard InChI is InChI=1S/C19H22ClN3O4S/c1-14(21-16-7-5-15(20)6-8-16)19(24)22-17-3-2-4-18(13-17)28(25,26)23-9-11-27-12-10-23/h2-8,13-14,21H,9-12H2,1H3,(H,22,24). The van der Waals surface area contributed by atoms with Gasteiger partial charge in [0.15, 0.2) is 0 Å². The van der Waals surface area contributed by atoms with Crippen molar-refractivity contribution in [3.63, 3.8) is 0 Å². The van der Waals surface area contributed by atoms with Crippen LogP contribution in [-0.2, 0) is 19.6 Å². The summed E-state index contributed by atoms with van der Waals surface area (Å²) in [4.78, 5) is 12.6. The Morgan fingerprint density at radius 1 is 1.11 bits per heavy atom. The van der Waals surface area contributed by atoms with Gasteiger partial charge in [0.05, 0.1) is 18.1 Å². The Hall–Kier alpha value is -2.13. The van der Waals surface area contributed by atoms with Crippen molar-refractivity contribution in [1.82, 2.24) is 4.31 Å². The molecule has 150 valence electrons. The molecule has 1 saturated heterocycles. The Morgan fingerprint density at radius 2 is 1.79 bits per heavy atom. The lowest BCUT2D eigenvalue weighted by Gasteiger charge is -2.26. The van der Waals surface area contributed by atoms with Crippen LogP contribution >= 0.6 is 11.6 Å². The number of carbonyl (C=O) groups excluding carboxylic acids is 1. The maximum Gasteiger partial charge on any atom is 0.246 e. The Bertz CT molecular complexity index is 928. The number of ether oxygens (including phenoxy) is 1. The predicted octanol–water partition coefficient (Wildman–Crippen LogP) is 2.80. The summed E-state index contributed by atoms with van der Waals surface area (Å²) in [6, 6.07) is 12.8. The first-order valence-corrected chi connectivity index (χ1v) is 10.7. The average molecular weight is 424 g/mol. The van der Waals surface area contributed by atoms with Crippen LogP contribution in [-0.4, -0.2) is 51.0 Å². The first-order chi connectivity index (χ1) is 13.4. The number of hydrogen-bond acceptors (Lipinski definition) is 5. The second kappa shape index (κ2) is 8.91. The number of nitrogens with one attached hydrogen (secondary N) is 2. The second-order valence-corrected chi connectivity index (χ2v) is 8.78. The number of carbonyl (C=O) groups is 1. The molecule has 3 rings (SSSR count). The van der Waals surface area contributed by atoms with E-state index in [1.54, 1.807) is 43.3 Å². The zero-order valence-electron chi connectivity index (χ0n) is 15.4. The second-order valence-electron chi connectivity index (χ2n) is 6.41. The molecule has 1 atom stereocenters.